The van der Waals surface area contributed by atoms with Crippen molar-refractivity contribution >= 4 is 29.2 Å². The molecule has 3 N–H and O–H groups in total. The molecule has 0 radical (unpaired) electrons. The predicted molar refractivity (Wildman–Crippen MR) is 214 cm³/mol. The highest BCUT2D eigenvalue weighted by molar-refractivity contribution is 6.36. The van der Waals surface area contributed by atoms with Gasteiger partial charge in [0.05, 0.1) is 27.6 Å². The number of nitrogens with one attached hydrogen (secondary N) is 1. The Morgan fingerprint density at radius 2 is 1.71 bits per heavy atom. The Hall–Kier alpha value is -5.18. The molecule has 6 rings (SSSR count). The van der Waals surface area contributed by atoms with E-state index in [0.29, 0.717) is 50.4 Å². The fourth-order valence-corrected chi connectivity index (χ4v) is 7.11. The quantitative estimate of drug-likeness (QED) is 0.0948. The minimum absolute atomic E-state index is 0.0869. The molecule has 56 heavy (non-hydrogen) atoms. The molecule has 5 aromatic rings. The highest BCUT2D eigenvalue weighted by Gasteiger charge is 2.32. The van der Waals surface area contributed by atoms with Gasteiger partial charge in [-0.1, -0.05) is 71.7 Å². The monoisotopic (exact) mass is 797 g/mol. The van der Waals surface area contributed by atoms with Crippen LogP contribution in [-0.2, 0) is 24.4 Å². The SMILES string of the molecule is Cc1c(COc2cc(OCc3cncc(C#N)c3)c(CC[C@@](C)(CO)C(=O)O)cc2Cl)cccc1-c1cccc(-c2ccc(O[C@@H]3CCNC[C@H]3F)cc2)c1Cl. The number of ether oxygens (including phenoxy) is 3. The van der Waals surface area contributed by atoms with Gasteiger partial charge < -0.3 is 29.7 Å². The van der Waals surface area contributed by atoms with E-state index in [-0.39, 0.29) is 32.6 Å². The number of aliphatic carboxylic acids is 1. The Morgan fingerprint density at radius 1 is 0.982 bits per heavy atom. The zero-order chi connectivity index (χ0) is 39.8. The normalized spacial score (nSPS) is 16.4. The summed E-state index contributed by atoms with van der Waals surface area (Å²) in [4.78, 5) is 16.0. The molecule has 0 amide bonds. The molecular weight excluding hydrogens is 756 g/mol. The number of benzene rings is 4. The van der Waals surface area contributed by atoms with E-state index in [2.05, 4.69) is 16.4 Å². The first-order chi connectivity index (χ1) is 27.0. The number of rotatable bonds is 15. The highest BCUT2D eigenvalue weighted by Crippen LogP contribution is 2.40. The average molecular weight is 799 g/mol. The van der Waals surface area contributed by atoms with Crippen molar-refractivity contribution in [3.63, 3.8) is 0 Å². The molecule has 1 aliphatic rings. The third-order valence-corrected chi connectivity index (χ3v) is 10.9. The van der Waals surface area contributed by atoms with Crippen LogP contribution in [0.25, 0.3) is 22.3 Å². The van der Waals surface area contributed by atoms with Gasteiger partial charge in [0.25, 0.3) is 0 Å². The number of hydrogen-bond acceptors (Lipinski definition) is 8. The van der Waals surface area contributed by atoms with E-state index >= 15 is 0 Å². The van der Waals surface area contributed by atoms with Crippen LogP contribution in [0.1, 0.15) is 47.6 Å². The number of carboxylic acid groups (broad SMARTS) is 1. The number of piperidine rings is 1. The maximum absolute atomic E-state index is 14.3. The van der Waals surface area contributed by atoms with Crippen molar-refractivity contribution in [1.29, 1.82) is 5.26 Å². The van der Waals surface area contributed by atoms with Crippen LogP contribution in [0.4, 0.5) is 4.39 Å². The number of carboxylic acids is 1. The molecule has 1 saturated heterocycles. The summed E-state index contributed by atoms with van der Waals surface area (Å²) in [5.74, 6) is 0.281. The Morgan fingerprint density at radius 3 is 2.45 bits per heavy atom. The molecule has 2 heterocycles. The average Bonchev–Trinajstić information content (AvgIpc) is 3.21. The number of pyridine rings is 1. The number of alkyl halides is 1. The number of aliphatic hydroxyl groups is 1. The standard InChI is InChI=1S/C44H42Cl2FN3O6/c1-27-32(5-3-6-34(27)36-8-4-7-35(42(36)46)30-9-11-33(12-10-30)56-39-14-16-49-23-38(39)47)25-55-41-19-40(54-24-29-17-28(20-48)21-50-22-29)31(18-37(41)45)13-15-44(2,26-51)43(52)53/h3-12,17-19,21-22,38-39,49,51H,13-16,23-26H2,1-2H3,(H,52,53)/t38-,39-,44+/m1/s1. The number of aromatic nitrogens is 1. The first-order valence-corrected chi connectivity index (χ1v) is 19.0. The van der Waals surface area contributed by atoms with Crippen molar-refractivity contribution in [3.8, 4) is 45.6 Å². The first-order valence-electron chi connectivity index (χ1n) is 18.2. The Labute approximate surface area is 335 Å². The number of aryl methyl sites for hydroxylation is 1. The molecule has 12 heteroatoms. The molecule has 1 aromatic heterocycles. The number of nitriles is 1. The predicted octanol–water partition coefficient (Wildman–Crippen LogP) is 9.16. The fourth-order valence-electron chi connectivity index (χ4n) is 6.54. The largest absolute Gasteiger partial charge is 0.488 e. The van der Waals surface area contributed by atoms with Crippen molar-refractivity contribution in [3.05, 3.63) is 129 Å². The molecule has 290 valence electrons. The van der Waals surface area contributed by atoms with Gasteiger partial charge in [-0.2, -0.15) is 5.26 Å². The number of halogens is 3. The van der Waals surface area contributed by atoms with Crippen LogP contribution < -0.4 is 19.5 Å². The number of nitrogens with zero attached hydrogens (tertiary/aromatic N) is 2. The zero-order valence-electron chi connectivity index (χ0n) is 31.0. The maximum Gasteiger partial charge on any atom is 0.311 e. The number of carbonyl (C=O) groups is 1. The van der Waals surface area contributed by atoms with Crippen LogP contribution in [0.3, 0.4) is 0 Å². The van der Waals surface area contributed by atoms with E-state index in [9.17, 15) is 24.7 Å². The van der Waals surface area contributed by atoms with Gasteiger partial charge in [-0.05, 0) is 91.7 Å². The molecule has 4 aromatic carbocycles. The van der Waals surface area contributed by atoms with Gasteiger partial charge in [-0.25, -0.2) is 4.39 Å². The second kappa shape index (κ2) is 18.2. The Balaban J connectivity index is 1.22. The van der Waals surface area contributed by atoms with Gasteiger partial charge >= 0.3 is 5.97 Å². The van der Waals surface area contributed by atoms with E-state index in [4.69, 9.17) is 37.4 Å². The molecular formula is C44H42Cl2FN3O6. The smallest absolute Gasteiger partial charge is 0.311 e. The molecule has 0 bridgehead atoms. The van der Waals surface area contributed by atoms with Crippen LogP contribution in [0.2, 0.25) is 10.0 Å². The van der Waals surface area contributed by atoms with E-state index < -0.39 is 30.3 Å². The summed E-state index contributed by atoms with van der Waals surface area (Å²) in [7, 11) is 0. The van der Waals surface area contributed by atoms with Gasteiger partial charge in [0.1, 0.15) is 48.8 Å². The third-order valence-electron chi connectivity index (χ3n) is 10.2. The summed E-state index contributed by atoms with van der Waals surface area (Å²) in [6.07, 6.45) is 2.52. The summed E-state index contributed by atoms with van der Waals surface area (Å²) < 4.78 is 32.8. The molecule has 0 unspecified atom stereocenters. The van der Waals surface area contributed by atoms with Crippen molar-refractivity contribution in [2.45, 2.75) is 58.6 Å². The van der Waals surface area contributed by atoms with Crippen molar-refractivity contribution in [2.75, 3.05) is 19.7 Å². The van der Waals surface area contributed by atoms with Crippen LogP contribution >= 0.6 is 23.2 Å². The van der Waals surface area contributed by atoms with Crippen LogP contribution in [0.15, 0.2) is 91.3 Å². The molecule has 0 aliphatic carbocycles. The lowest BCUT2D eigenvalue weighted by atomic mass is 9.85. The minimum Gasteiger partial charge on any atom is -0.488 e. The van der Waals surface area contributed by atoms with Gasteiger partial charge in [0, 0.05) is 41.7 Å². The van der Waals surface area contributed by atoms with Gasteiger partial charge in [0.2, 0.25) is 0 Å². The second-order valence-electron chi connectivity index (χ2n) is 14.1. The maximum atomic E-state index is 14.3. The molecule has 0 spiro atoms. The Kier molecular flexibility index (Phi) is 13.1. The summed E-state index contributed by atoms with van der Waals surface area (Å²) >= 11 is 13.9. The lowest BCUT2D eigenvalue weighted by Crippen LogP contribution is -2.44. The first kappa shape index (κ1) is 40.5. The highest BCUT2D eigenvalue weighted by atomic mass is 35.5. The van der Waals surface area contributed by atoms with Gasteiger partial charge in [0.15, 0.2) is 0 Å². The van der Waals surface area contributed by atoms with Gasteiger partial charge in [-0.15, -0.1) is 0 Å². The lowest BCUT2D eigenvalue weighted by Gasteiger charge is -2.27. The molecule has 9 nitrogen and oxygen atoms in total. The summed E-state index contributed by atoms with van der Waals surface area (Å²) in [6, 6.07) is 26.5. The van der Waals surface area contributed by atoms with Crippen molar-refractivity contribution < 1.29 is 33.6 Å². The van der Waals surface area contributed by atoms with E-state index in [1.807, 2.05) is 67.6 Å². The van der Waals surface area contributed by atoms with Crippen molar-refractivity contribution in [1.82, 2.24) is 10.3 Å². The molecule has 1 aliphatic heterocycles. The number of aliphatic hydroxyl groups excluding tert-OH is 1. The topological polar surface area (TPSA) is 134 Å². The lowest BCUT2D eigenvalue weighted by molar-refractivity contribution is -0.150. The molecule has 3 atom stereocenters. The zero-order valence-corrected chi connectivity index (χ0v) is 32.5. The van der Waals surface area contributed by atoms with E-state index in [1.54, 1.807) is 24.4 Å². The molecule has 0 saturated carbocycles. The molecule has 1 fully saturated rings. The van der Waals surface area contributed by atoms with Crippen LogP contribution in [-0.4, -0.2) is 53.1 Å². The summed E-state index contributed by atoms with van der Waals surface area (Å²) in [5.41, 5.74) is 5.73. The van der Waals surface area contributed by atoms with Crippen molar-refractivity contribution in [2.24, 2.45) is 5.41 Å². The summed E-state index contributed by atoms with van der Waals surface area (Å²) in [5, 5.41) is 32.8. The number of hydrogen-bond donors (Lipinski definition) is 3. The van der Waals surface area contributed by atoms with Gasteiger partial charge in [-0.3, -0.25) is 9.78 Å². The fraction of sp³-hybridized carbons (Fsp3) is 0.295. The third kappa shape index (κ3) is 9.43. The second-order valence-corrected chi connectivity index (χ2v) is 14.9. The van der Waals surface area contributed by atoms with Crippen LogP contribution in [0.5, 0.6) is 17.2 Å². The Bertz CT molecular complexity index is 2230. The van der Waals surface area contributed by atoms with Crippen LogP contribution in [0, 0.1) is 23.7 Å². The van der Waals surface area contributed by atoms with E-state index in [0.717, 1.165) is 39.9 Å². The minimum atomic E-state index is -1.36. The summed E-state index contributed by atoms with van der Waals surface area (Å²) in [6.45, 7) is 4.23. The van der Waals surface area contributed by atoms with E-state index in [1.165, 1.54) is 13.1 Å².